The summed E-state index contributed by atoms with van der Waals surface area (Å²) in [6, 6.07) is 4.88. The average Bonchev–Trinajstić information content (AvgIpc) is 3.14. The number of aryl methyl sites for hydroxylation is 1. The summed E-state index contributed by atoms with van der Waals surface area (Å²) in [7, 11) is -2.38. The lowest BCUT2D eigenvalue weighted by molar-refractivity contribution is 0.0599. The number of hydrogen-bond donors (Lipinski definition) is 2. The van der Waals surface area contributed by atoms with E-state index in [0.29, 0.717) is 48.7 Å². The first-order valence-corrected chi connectivity index (χ1v) is 13.1. The first kappa shape index (κ1) is 25.8. The molecule has 0 atom stereocenters. The van der Waals surface area contributed by atoms with Gasteiger partial charge in [0.1, 0.15) is 5.69 Å². The third kappa shape index (κ3) is 4.97. The van der Waals surface area contributed by atoms with E-state index in [1.54, 1.807) is 26.0 Å². The summed E-state index contributed by atoms with van der Waals surface area (Å²) in [6.45, 7) is 9.73. The lowest BCUT2D eigenvalue weighted by atomic mass is 10.1. The number of piperidine rings is 1. The lowest BCUT2D eigenvalue weighted by Gasteiger charge is -2.28. The minimum Gasteiger partial charge on any atom is -0.465 e. The number of methoxy groups -OCH3 is 1. The molecule has 1 aromatic heterocycles. The van der Waals surface area contributed by atoms with Gasteiger partial charge < -0.3 is 19.9 Å². The van der Waals surface area contributed by atoms with Crippen LogP contribution >= 0.6 is 0 Å². The molecule has 2 N–H and O–H groups in total. The van der Waals surface area contributed by atoms with Crippen LogP contribution in [-0.4, -0.2) is 62.9 Å². The van der Waals surface area contributed by atoms with Gasteiger partial charge in [0.05, 0.1) is 28.9 Å². The first-order chi connectivity index (χ1) is 16.1. The number of carbonyl (C=O) groups is 2. The van der Waals surface area contributed by atoms with Crippen molar-refractivity contribution >= 4 is 33.3 Å². The number of esters is 1. The van der Waals surface area contributed by atoms with Crippen molar-refractivity contribution in [2.24, 2.45) is 0 Å². The fourth-order valence-corrected chi connectivity index (χ4v) is 5.98. The van der Waals surface area contributed by atoms with Crippen molar-refractivity contribution < 1.29 is 22.7 Å². The number of rotatable bonds is 8. The summed E-state index contributed by atoms with van der Waals surface area (Å²) in [5, 5.41) is 2.88. The zero-order chi connectivity index (χ0) is 25.0. The largest absolute Gasteiger partial charge is 0.465 e. The molecule has 186 valence electrons. The molecule has 1 aliphatic heterocycles. The van der Waals surface area contributed by atoms with Gasteiger partial charge in [0.2, 0.25) is 10.0 Å². The number of nitrogens with one attached hydrogen (secondary N) is 2. The second kappa shape index (κ2) is 10.6. The topological polar surface area (TPSA) is 112 Å². The average molecular weight is 491 g/mol. The summed E-state index contributed by atoms with van der Waals surface area (Å²) in [4.78, 5) is 30.5. The van der Waals surface area contributed by atoms with Gasteiger partial charge in [-0.2, -0.15) is 4.31 Å². The zero-order valence-electron chi connectivity index (χ0n) is 20.5. The zero-order valence-corrected chi connectivity index (χ0v) is 21.3. The number of aromatic nitrogens is 1. The molecule has 1 saturated heterocycles. The molecule has 0 spiro atoms. The predicted molar refractivity (Wildman–Crippen MR) is 132 cm³/mol. The van der Waals surface area contributed by atoms with Crippen molar-refractivity contribution in [3.05, 3.63) is 40.7 Å². The number of nitrogens with zero attached hydrogens (tertiary/aromatic N) is 2. The molecule has 1 aromatic carbocycles. The van der Waals surface area contributed by atoms with Crippen LogP contribution in [0, 0.1) is 13.8 Å². The number of carbonyl (C=O) groups excluding carboxylic acids is 2. The first-order valence-electron chi connectivity index (χ1n) is 11.6. The Hall–Kier alpha value is -2.85. The van der Waals surface area contributed by atoms with Crippen LogP contribution < -0.4 is 10.2 Å². The Bertz CT molecular complexity index is 1160. The quantitative estimate of drug-likeness (QED) is 0.546. The smallest absolute Gasteiger partial charge is 0.339 e. The Balaban J connectivity index is 2.02. The molecule has 1 amide bonds. The number of sulfonamides is 1. The second-order valence-electron chi connectivity index (χ2n) is 8.39. The number of hydrogen-bond acceptors (Lipinski definition) is 6. The van der Waals surface area contributed by atoms with Crippen molar-refractivity contribution in [1.29, 1.82) is 0 Å². The Kier molecular flexibility index (Phi) is 8.04. The molecule has 10 heteroatoms. The van der Waals surface area contributed by atoms with Crippen LogP contribution in [-0.2, 0) is 14.8 Å². The third-order valence-electron chi connectivity index (χ3n) is 6.33. The van der Waals surface area contributed by atoms with Gasteiger partial charge in [-0.1, -0.05) is 6.42 Å². The highest BCUT2D eigenvalue weighted by Crippen LogP contribution is 2.32. The summed E-state index contributed by atoms with van der Waals surface area (Å²) in [6.07, 6.45) is 2.71. The Morgan fingerprint density at radius 1 is 1.12 bits per heavy atom. The third-order valence-corrected chi connectivity index (χ3v) is 8.22. The molecule has 0 radical (unpaired) electrons. The minimum absolute atomic E-state index is 0.148. The predicted octanol–water partition coefficient (Wildman–Crippen LogP) is 3.69. The maximum absolute atomic E-state index is 13.3. The Morgan fingerprint density at radius 2 is 1.76 bits per heavy atom. The standard InChI is InChI=1S/C24H34N4O5S/c1-6-27(7-2)20-12-11-18(34(31,32)28-13-9-8-10-14-28)15-19(20)26-23(29)22-16(3)21(17(4)25-22)24(30)33-5/h11-12,15,25H,6-10,13-14H2,1-5H3,(H,26,29). The van der Waals surface area contributed by atoms with Gasteiger partial charge in [-0.15, -0.1) is 0 Å². The maximum Gasteiger partial charge on any atom is 0.339 e. The summed E-state index contributed by atoms with van der Waals surface area (Å²) in [5.74, 6) is -0.986. The van der Waals surface area contributed by atoms with Crippen molar-refractivity contribution in [3.8, 4) is 0 Å². The van der Waals surface area contributed by atoms with Crippen LogP contribution in [0.15, 0.2) is 23.1 Å². The molecule has 2 heterocycles. The van der Waals surface area contributed by atoms with Crippen molar-refractivity contribution in [2.75, 3.05) is 43.5 Å². The van der Waals surface area contributed by atoms with Crippen LogP contribution in [0.5, 0.6) is 0 Å². The number of anilines is 2. The molecule has 9 nitrogen and oxygen atoms in total. The number of aromatic amines is 1. The molecule has 0 bridgehead atoms. The maximum atomic E-state index is 13.3. The van der Waals surface area contributed by atoms with Gasteiger partial charge in [0, 0.05) is 31.9 Å². The van der Waals surface area contributed by atoms with E-state index in [1.165, 1.54) is 17.5 Å². The van der Waals surface area contributed by atoms with E-state index in [-0.39, 0.29) is 10.6 Å². The fourth-order valence-electron chi connectivity index (χ4n) is 4.44. The highest BCUT2D eigenvalue weighted by atomic mass is 32.2. The van der Waals surface area contributed by atoms with Gasteiger partial charge in [-0.25, -0.2) is 13.2 Å². The molecule has 0 unspecified atom stereocenters. The van der Waals surface area contributed by atoms with E-state index < -0.39 is 21.9 Å². The molecule has 3 rings (SSSR count). The van der Waals surface area contributed by atoms with Crippen LogP contribution in [0.1, 0.15) is 65.2 Å². The molecule has 1 fully saturated rings. The van der Waals surface area contributed by atoms with E-state index in [9.17, 15) is 18.0 Å². The molecule has 0 saturated carbocycles. The van der Waals surface area contributed by atoms with Crippen LogP contribution in [0.25, 0.3) is 0 Å². The van der Waals surface area contributed by atoms with Gasteiger partial charge in [0.25, 0.3) is 5.91 Å². The van der Waals surface area contributed by atoms with Crippen LogP contribution in [0.2, 0.25) is 0 Å². The van der Waals surface area contributed by atoms with Crippen molar-refractivity contribution in [1.82, 2.24) is 9.29 Å². The molecule has 34 heavy (non-hydrogen) atoms. The summed E-state index contributed by atoms with van der Waals surface area (Å²) < 4.78 is 32.9. The van der Waals surface area contributed by atoms with Gasteiger partial charge in [-0.05, 0) is 64.3 Å². The summed E-state index contributed by atoms with van der Waals surface area (Å²) in [5.41, 5.74) is 2.68. The van der Waals surface area contributed by atoms with Crippen molar-refractivity contribution in [2.45, 2.75) is 51.9 Å². The van der Waals surface area contributed by atoms with E-state index >= 15 is 0 Å². The van der Waals surface area contributed by atoms with E-state index in [0.717, 1.165) is 24.9 Å². The van der Waals surface area contributed by atoms with Gasteiger partial charge >= 0.3 is 5.97 Å². The van der Waals surface area contributed by atoms with E-state index in [4.69, 9.17) is 4.74 Å². The molecule has 1 aliphatic rings. The van der Waals surface area contributed by atoms with E-state index in [1.807, 2.05) is 18.7 Å². The van der Waals surface area contributed by atoms with Gasteiger partial charge in [-0.3, -0.25) is 4.79 Å². The Labute approximate surface area is 201 Å². The van der Waals surface area contributed by atoms with Crippen LogP contribution in [0.4, 0.5) is 11.4 Å². The van der Waals surface area contributed by atoms with Crippen LogP contribution in [0.3, 0.4) is 0 Å². The number of ether oxygens (including phenoxy) is 1. The normalized spacial score (nSPS) is 14.6. The molecular formula is C24H34N4O5S. The highest BCUT2D eigenvalue weighted by Gasteiger charge is 2.28. The number of amides is 1. The highest BCUT2D eigenvalue weighted by molar-refractivity contribution is 7.89. The number of H-pyrrole nitrogens is 1. The van der Waals surface area contributed by atoms with Crippen molar-refractivity contribution in [3.63, 3.8) is 0 Å². The second-order valence-corrected chi connectivity index (χ2v) is 10.3. The Morgan fingerprint density at radius 3 is 2.35 bits per heavy atom. The molecule has 2 aromatic rings. The lowest BCUT2D eigenvalue weighted by Crippen LogP contribution is -2.35. The molecular weight excluding hydrogens is 456 g/mol. The number of benzene rings is 1. The SMILES string of the molecule is CCN(CC)c1ccc(S(=O)(=O)N2CCCCC2)cc1NC(=O)c1[nH]c(C)c(C(=O)OC)c1C. The minimum atomic E-state index is -3.67. The van der Waals surface area contributed by atoms with E-state index in [2.05, 4.69) is 10.3 Å². The fraction of sp³-hybridized carbons (Fsp3) is 0.500. The van der Waals surface area contributed by atoms with Gasteiger partial charge in [0.15, 0.2) is 0 Å². The molecule has 0 aliphatic carbocycles. The summed E-state index contributed by atoms with van der Waals surface area (Å²) >= 11 is 0. The monoisotopic (exact) mass is 490 g/mol.